The lowest BCUT2D eigenvalue weighted by Gasteiger charge is -2.16. The van der Waals surface area contributed by atoms with Crippen molar-refractivity contribution in [3.05, 3.63) is 23.8 Å². The fourth-order valence-corrected chi connectivity index (χ4v) is 1.74. The Hall–Kier alpha value is -1.26. The van der Waals surface area contributed by atoms with Crippen LogP contribution in [0.15, 0.2) is 18.2 Å². The summed E-state index contributed by atoms with van der Waals surface area (Å²) in [6, 6.07) is 5.70. The van der Waals surface area contributed by atoms with Gasteiger partial charge in [0.15, 0.2) is 11.5 Å². The second-order valence-electron chi connectivity index (χ2n) is 3.97. The molecule has 1 aromatic carbocycles. The Balaban J connectivity index is 2.62. The number of phenols is 1. The van der Waals surface area contributed by atoms with Crippen LogP contribution in [0.5, 0.6) is 11.5 Å². The van der Waals surface area contributed by atoms with Gasteiger partial charge in [-0.1, -0.05) is 19.1 Å². The average Bonchev–Trinajstić information content (AvgIpc) is 2.36. The minimum Gasteiger partial charge on any atom is -0.504 e. The van der Waals surface area contributed by atoms with Gasteiger partial charge in [-0.05, 0) is 18.9 Å². The van der Waals surface area contributed by atoms with Crippen LogP contribution in [-0.2, 0) is 6.54 Å². The van der Waals surface area contributed by atoms with Crippen LogP contribution in [0.1, 0.15) is 25.3 Å². The van der Waals surface area contributed by atoms with Gasteiger partial charge in [-0.25, -0.2) is 0 Å². The largest absolute Gasteiger partial charge is 0.504 e. The van der Waals surface area contributed by atoms with Gasteiger partial charge in [-0.2, -0.15) is 0 Å². The zero-order valence-electron chi connectivity index (χ0n) is 10.4. The van der Waals surface area contributed by atoms with Crippen molar-refractivity contribution in [1.82, 2.24) is 5.32 Å². The van der Waals surface area contributed by atoms with E-state index in [-0.39, 0.29) is 18.4 Å². The van der Waals surface area contributed by atoms with Crippen LogP contribution in [0, 0.1) is 0 Å². The first kappa shape index (κ1) is 13.8. The van der Waals surface area contributed by atoms with Crippen LogP contribution in [0.4, 0.5) is 0 Å². The summed E-state index contributed by atoms with van der Waals surface area (Å²) in [6.07, 6.45) is 1.67. The number of aliphatic hydroxyl groups excluding tert-OH is 1. The Bertz CT molecular complexity index is 341. The van der Waals surface area contributed by atoms with E-state index < -0.39 is 0 Å². The molecule has 0 saturated heterocycles. The summed E-state index contributed by atoms with van der Waals surface area (Å²) in [5.74, 6) is 0.667. The molecule has 0 aliphatic heterocycles. The van der Waals surface area contributed by atoms with Gasteiger partial charge in [0.2, 0.25) is 0 Å². The average molecular weight is 239 g/mol. The maximum absolute atomic E-state index is 9.89. The highest BCUT2D eigenvalue weighted by Gasteiger charge is 2.09. The third-order valence-corrected chi connectivity index (χ3v) is 2.85. The number of aromatic hydroxyl groups is 1. The van der Waals surface area contributed by atoms with Gasteiger partial charge in [0.05, 0.1) is 7.11 Å². The molecule has 1 unspecified atom stereocenters. The Morgan fingerprint density at radius 1 is 1.41 bits per heavy atom. The van der Waals surface area contributed by atoms with Crippen molar-refractivity contribution in [2.45, 2.75) is 32.4 Å². The van der Waals surface area contributed by atoms with Crippen molar-refractivity contribution in [2.75, 3.05) is 13.7 Å². The van der Waals surface area contributed by atoms with Gasteiger partial charge in [0.1, 0.15) is 0 Å². The summed E-state index contributed by atoms with van der Waals surface area (Å²) in [4.78, 5) is 0. The van der Waals surface area contributed by atoms with Gasteiger partial charge >= 0.3 is 0 Å². The number of hydrogen-bond acceptors (Lipinski definition) is 4. The fourth-order valence-electron chi connectivity index (χ4n) is 1.74. The van der Waals surface area contributed by atoms with Crippen LogP contribution in [-0.4, -0.2) is 30.0 Å². The van der Waals surface area contributed by atoms with Crippen LogP contribution in [0.25, 0.3) is 0 Å². The normalized spacial score (nSPS) is 12.4. The van der Waals surface area contributed by atoms with Crippen molar-refractivity contribution >= 4 is 0 Å². The van der Waals surface area contributed by atoms with E-state index in [9.17, 15) is 5.11 Å². The van der Waals surface area contributed by atoms with Crippen molar-refractivity contribution in [3.8, 4) is 11.5 Å². The standard InChI is InChI=1S/C13H21NO3/c1-3-11(7-8-15)14-9-10-5-4-6-12(17-2)13(10)16/h4-6,11,14-16H,3,7-9H2,1-2H3. The first-order valence-electron chi connectivity index (χ1n) is 5.92. The number of para-hydroxylation sites is 1. The second kappa shape index (κ2) is 7.14. The molecule has 1 aromatic rings. The second-order valence-corrected chi connectivity index (χ2v) is 3.97. The number of nitrogens with one attached hydrogen (secondary N) is 1. The molecule has 0 heterocycles. The molecule has 0 fully saturated rings. The highest BCUT2D eigenvalue weighted by atomic mass is 16.5. The summed E-state index contributed by atoms with van der Waals surface area (Å²) >= 11 is 0. The molecule has 0 aliphatic rings. The van der Waals surface area contributed by atoms with Gasteiger partial charge in [-0.15, -0.1) is 0 Å². The van der Waals surface area contributed by atoms with Crippen LogP contribution in [0.3, 0.4) is 0 Å². The van der Waals surface area contributed by atoms with E-state index in [0.717, 1.165) is 18.4 Å². The molecule has 0 aliphatic carbocycles. The molecule has 4 nitrogen and oxygen atoms in total. The predicted octanol–water partition coefficient (Wildman–Crippen LogP) is 1.65. The molecule has 0 bridgehead atoms. The molecule has 0 radical (unpaired) electrons. The summed E-state index contributed by atoms with van der Waals surface area (Å²) in [5.41, 5.74) is 0.806. The quantitative estimate of drug-likeness (QED) is 0.677. The maximum atomic E-state index is 9.89. The van der Waals surface area contributed by atoms with Gasteiger partial charge < -0.3 is 20.3 Å². The van der Waals surface area contributed by atoms with E-state index in [1.165, 1.54) is 7.11 Å². The van der Waals surface area contributed by atoms with Crippen molar-refractivity contribution < 1.29 is 14.9 Å². The van der Waals surface area contributed by atoms with E-state index in [2.05, 4.69) is 12.2 Å². The third kappa shape index (κ3) is 3.91. The van der Waals surface area contributed by atoms with Gasteiger partial charge in [0.25, 0.3) is 0 Å². The Kier molecular flexibility index (Phi) is 5.80. The zero-order valence-corrected chi connectivity index (χ0v) is 10.4. The maximum Gasteiger partial charge on any atom is 0.162 e. The molecule has 0 saturated carbocycles. The van der Waals surface area contributed by atoms with Crippen molar-refractivity contribution in [1.29, 1.82) is 0 Å². The summed E-state index contributed by atoms with van der Waals surface area (Å²) in [5, 5.41) is 22.1. The van der Waals surface area contributed by atoms with Crippen LogP contribution in [0.2, 0.25) is 0 Å². The molecule has 0 aromatic heterocycles. The fraction of sp³-hybridized carbons (Fsp3) is 0.538. The van der Waals surface area contributed by atoms with Crippen molar-refractivity contribution in [3.63, 3.8) is 0 Å². The smallest absolute Gasteiger partial charge is 0.162 e. The lowest BCUT2D eigenvalue weighted by atomic mass is 10.1. The summed E-state index contributed by atoms with van der Waals surface area (Å²) < 4.78 is 5.05. The molecule has 0 amide bonds. The van der Waals surface area contributed by atoms with E-state index >= 15 is 0 Å². The van der Waals surface area contributed by atoms with E-state index in [4.69, 9.17) is 9.84 Å². The highest BCUT2D eigenvalue weighted by Crippen LogP contribution is 2.29. The first-order valence-corrected chi connectivity index (χ1v) is 5.92. The van der Waals surface area contributed by atoms with Gasteiger partial charge in [0, 0.05) is 24.8 Å². The Morgan fingerprint density at radius 3 is 2.76 bits per heavy atom. The zero-order chi connectivity index (χ0) is 12.7. The Labute approximate surface area is 102 Å². The Morgan fingerprint density at radius 2 is 2.18 bits per heavy atom. The molecule has 4 heteroatoms. The third-order valence-electron chi connectivity index (χ3n) is 2.85. The molecule has 0 spiro atoms. The predicted molar refractivity (Wildman–Crippen MR) is 67.3 cm³/mol. The number of hydrogen-bond donors (Lipinski definition) is 3. The molecule has 17 heavy (non-hydrogen) atoms. The number of rotatable bonds is 7. The van der Waals surface area contributed by atoms with E-state index in [0.29, 0.717) is 12.3 Å². The number of phenolic OH excluding ortho intramolecular Hbond substituents is 1. The topological polar surface area (TPSA) is 61.7 Å². The number of ether oxygens (including phenoxy) is 1. The molecule has 1 rings (SSSR count). The number of methoxy groups -OCH3 is 1. The SMILES string of the molecule is CCC(CCO)NCc1cccc(OC)c1O. The lowest BCUT2D eigenvalue weighted by Crippen LogP contribution is -2.28. The monoisotopic (exact) mass is 239 g/mol. The first-order chi connectivity index (χ1) is 8.22. The van der Waals surface area contributed by atoms with Crippen LogP contribution >= 0.6 is 0 Å². The summed E-state index contributed by atoms with van der Waals surface area (Å²) in [7, 11) is 1.53. The lowest BCUT2D eigenvalue weighted by molar-refractivity contribution is 0.261. The molecule has 96 valence electrons. The van der Waals surface area contributed by atoms with E-state index in [1.54, 1.807) is 6.07 Å². The minimum absolute atomic E-state index is 0.176. The van der Waals surface area contributed by atoms with Crippen LogP contribution < -0.4 is 10.1 Å². The molecule has 3 N–H and O–H groups in total. The number of benzene rings is 1. The molecular formula is C13H21NO3. The summed E-state index contributed by atoms with van der Waals surface area (Å²) in [6.45, 7) is 2.82. The highest BCUT2D eigenvalue weighted by molar-refractivity contribution is 5.45. The van der Waals surface area contributed by atoms with Gasteiger partial charge in [-0.3, -0.25) is 0 Å². The van der Waals surface area contributed by atoms with E-state index in [1.807, 2.05) is 12.1 Å². The molecular weight excluding hydrogens is 218 g/mol. The molecule has 1 atom stereocenters. The minimum atomic E-state index is 0.176. The number of aliphatic hydroxyl groups is 1. The van der Waals surface area contributed by atoms with Crippen molar-refractivity contribution in [2.24, 2.45) is 0 Å².